The molecular weight excluding hydrogens is 316 g/mol. The summed E-state index contributed by atoms with van der Waals surface area (Å²) in [5.74, 6) is 0.576. The number of nitrogens with zero attached hydrogens (tertiary/aromatic N) is 3. The third-order valence-corrected chi connectivity index (χ3v) is 4.03. The van der Waals surface area contributed by atoms with Gasteiger partial charge in [0.05, 0.1) is 11.7 Å². The molecule has 0 spiro atoms. The minimum atomic E-state index is -0.227. The van der Waals surface area contributed by atoms with Gasteiger partial charge in [-0.15, -0.1) is 0 Å². The average Bonchev–Trinajstić information content (AvgIpc) is 3.31. The van der Waals surface area contributed by atoms with E-state index < -0.39 is 0 Å². The van der Waals surface area contributed by atoms with Crippen LogP contribution in [0.1, 0.15) is 29.1 Å². The number of para-hydroxylation sites is 1. The highest BCUT2D eigenvalue weighted by Gasteiger charge is 2.15. The number of amides is 1. The maximum Gasteiger partial charge on any atom is 0.251 e. The second kappa shape index (κ2) is 6.24. The van der Waals surface area contributed by atoms with Crippen LogP contribution in [0, 0.1) is 0 Å². The van der Waals surface area contributed by atoms with Gasteiger partial charge in [0.25, 0.3) is 5.91 Å². The zero-order valence-electron chi connectivity index (χ0n) is 13.6. The van der Waals surface area contributed by atoms with E-state index in [9.17, 15) is 4.79 Å². The van der Waals surface area contributed by atoms with Gasteiger partial charge in [-0.25, -0.2) is 9.67 Å². The number of rotatable bonds is 4. The lowest BCUT2D eigenvalue weighted by Gasteiger charge is -2.11. The van der Waals surface area contributed by atoms with E-state index in [1.807, 2.05) is 49.4 Å². The predicted octanol–water partition coefficient (Wildman–Crippen LogP) is 3.50. The van der Waals surface area contributed by atoms with Crippen molar-refractivity contribution in [3.63, 3.8) is 0 Å². The molecule has 1 amide bonds. The fourth-order valence-corrected chi connectivity index (χ4v) is 2.67. The van der Waals surface area contributed by atoms with Crippen LogP contribution < -0.4 is 5.32 Å². The predicted molar refractivity (Wildman–Crippen MR) is 93.5 cm³/mol. The third kappa shape index (κ3) is 3.01. The van der Waals surface area contributed by atoms with Crippen LogP contribution in [-0.2, 0) is 0 Å². The Labute approximate surface area is 144 Å². The Bertz CT molecular complexity index is 971. The van der Waals surface area contributed by atoms with Gasteiger partial charge in [0, 0.05) is 10.9 Å². The first-order valence-electron chi connectivity index (χ1n) is 7.95. The molecule has 1 unspecified atom stereocenters. The summed E-state index contributed by atoms with van der Waals surface area (Å²) in [6.07, 6.45) is 3.08. The summed E-state index contributed by atoms with van der Waals surface area (Å²) in [5, 5.41) is 8.05. The van der Waals surface area contributed by atoms with E-state index in [2.05, 4.69) is 15.4 Å². The zero-order chi connectivity index (χ0) is 17.2. The number of hydrogen-bond donors (Lipinski definition) is 1. The van der Waals surface area contributed by atoms with Crippen molar-refractivity contribution in [3.8, 4) is 5.69 Å². The van der Waals surface area contributed by atoms with Gasteiger partial charge < -0.3 is 9.73 Å². The molecule has 0 aliphatic carbocycles. The minimum absolute atomic E-state index is 0.155. The van der Waals surface area contributed by atoms with Gasteiger partial charge in [-0.2, -0.15) is 5.10 Å². The normalized spacial score (nSPS) is 12.2. The van der Waals surface area contributed by atoms with Gasteiger partial charge in [-0.1, -0.05) is 18.2 Å². The number of carbonyl (C=O) groups excluding carboxylic acids is 1. The van der Waals surface area contributed by atoms with Crippen LogP contribution in [0.3, 0.4) is 0 Å². The molecular formula is C19H16N4O2. The molecule has 2 aromatic heterocycles. The van der Waals surface area contributed by atoms with E-state index in [4.69, 9.17) is 4.42 Å². The molecule has 124 valence electrons. The molecule has 25 heavy (non-hydrogen) atoms. The summed E-state index contributed by atoms with van der Waals surface area (Å²) in [6, 6.07) is 16.7. The minimum Gasteiger partial charge on any atom is -0.459 e. The Morgan fingerprint density at radius 1 is 1.16 bits per heavy atom. The number of benzene rings is 2. The molecule has 4 aromatic rings. The Morgan fingerprint density at radius 2 is 1.96 bits per heavy atom. The molecule has 2 heterocycles. The van der Waals surface area contributed by atoms with Crippen LogP contribution in [0.4, 0.5) is 0 Å². The lowest BCUT2D eigenvalue weighted by atomic mass is 10.1. The third-order valence-electron chi connectivity index (χ3n) is 4.03. The van der Waals surface area contributed by atoms with Crippen molar-refractivity contribution in [2.75, 3.05) is 0 Å². The average molecular weight is 332 g/mol. The highest BCUT2D eigenvalue weighted by atomic mass is 16.3. The number of hydrogen-bond acceptors (Lipinski definition) is 4. The lowest BCUT2D eigenvalue weighted by Crippen LogP contribution is -2.26. The first-order chi connectivity index (χ1) is 12.2. The number of carbonyl (C=O) groups is 1. The van der Waals surface area contributed by atoms with Crippen molar-refractivity contribution < 1.29 is 9.21 Å². The van der Waals surface area contributed by atoms with Gasteiger partial charge >= 0.3 is 0 Å². The van der Waals surface area contributed by atoms with Crippen molar-refractivity contribution in [2.24, 2.45) is 0 Å². The second-order valence-corrected chi connectivity index (χ2v) is 5.77. The molecule has 0 fully saturated rings. The van der Waals surface area contributed by atoms with Gasteiger partial charge in [-0.3, -0.25) is 4.79 Å². The number of furan rings is 1. The van der Waals surface area contributed by atoms with Crippen LogP contribution in [0.5, 0.6) is 0 Å². The monoisotopic (exact) mass is 332 g/mol. The van der Waals surface area contributed by atoms with E-state index in [0.717, 1.165) is 22.4 Å². The highest BCUT2D eigenvalue weighted by molar-refractivity contribution is 5.94. The molecule has 0 aliphatic heterocycles. The molecule has 0 bridgehead atoms. The van der Waals surface area contributed by atoms with Gasteiger partial charge in [-0.05, 0) is 43.3 Å². The molecule has 1 N–H and O–H groups in total. The van der Waals surface area contributed by atoms with Crippen LogP contribution in [-0.4, -0.2) is 20.7 Å². The van der Waals surface area contributed by atoms with Crippen molar-refractivity contribution in [3.05, 3.63) is 78.6 Å². The second-order valence-electron chi connectivity index (χ2n) is 5.77. The Balaban J connectivity index is 1.49. The highest BCUT2D eigenvalue weighted by Crippen LogP contribution is 2.23. The van der Waals surface area contributed by atoms with Crippen LogP contribution in [0.25, 0.3) is 16.7 Å². The summed E-state index contributed by atoms with van der Waals surface area (Å²) >= 11 is 0. The number of nitrogens with one attached hydrogen (secondary N) is 1. The first-order valence-corrected chi connectivity index (χ1v) is 7.95. The maximum atomic E-state index is 12.5. The van der Waals surface area contributed by atoms with Crippen molar-refractivity contribution in [1.82, 2.24) is 20.1 Å². The Kier molecular flexibility index (Phi) is 3.78. The number of aromatic nitrogens is 3. The number of fused-ring (bicyclic) bond motifs is 1. The molecule has 0 saturated carbocycles. The van der Waals surface area contributed by atoms with Gasteiger partial charge in [0.1, 0.15) is 24.0 Å². The van der Waals surface area contributed by atoms with E-state index >= 15 is 0 Å². The molecule has 0 aliphatic rings. The molecule has 0 saturated heterocycles. The largest absolute Gasteiger partial charge is 0.459 e. The fraction of sp³-hybridized carbons (Fsp3) is 0.105. The van der Waals surface area contributed by atoms with E-state index in [0.29, 0.717) is 5.56 Å². The van der Waals surface area contributed by atoms with Crippen LogP contribution in [0.2, 0.25) is 0 Å². The zero-order valence-corrected chi connectivity index (χ0v) is 13.6. The summed E-state index contributed by atoms with van der Waals surface area (Å²) in [6.45, 7) is 1.90. The summed E-state index contributed by atoms with van der Waals surface area (Å²) in [4.78, 5) is 16.4. The fourth-order valence-electron chi connectivity index (χ4n) is 2.67. The van der Waals surface area contributed by atoms with E-state index in [1.165, 1.54) is 6.33 Å². The van der Waals surface area contributed by atoms with Gasteiger partial charge in [0.15, 0.2) is 0 Å². The Morgan fingerprint density at radius 3 is 2.68 bits per heavy atom. The smallest absolute Gasteiger partial charge is 0.251 e. The summed E-state index contributed by atoms with van der Waals surface area (Å²) in [5.41, 5.74) is 2.24. The standard InChI is InChI=1S/C19H16N4O2/c1-13(18-10-15-4-2-3-5-17(15)25-18)22-19(24)14-6-8-16(9-7-14)23-12-20-11-21-23/h2-13H,1H3,(H,22,24). The molecule has 0 radical (unpaired) electrons. The summed E-state index contributed by atoms with van der Waals surface area (Å²) in [7, 11) is 0. The van der Waals surface area contributed by atoms with E-state index in [-0.39, 0.29) is 11.9 Å². The van der Waals surface area contributed by atoms with Crippen molar-refractivity contribution in [2.45, 2.75) is 13.0 Å². The molecule has 6 nitrogen and oxygen atoms in total. The van der Waals surface area contributed by atoms with E-state index in [1.54, 1.807) is 23.1 Å². The molecule has 6 heteroatoms. The lowest BCUT2D eigenvalue weighted by molar-refractivity contribution is 0.0935. The molecule has 4 rings (SSSR count). The first kappa shape index (κ1) is 15.1. The van der Waals surface area contributed by atoms with Crippen molar-refractivity contribution >= 4 is 16.9 Å². The van der Waals surface area contributed by atoms with Crippen molar-refractivity contribution in [1.29, 1.82) is 0 Å². The van der Waals surface area contributed by atoms with Crippen LogP contribution >= 0.6 is 0 Å². The molecule has 2 aromatic carbocycles. The maximum absolute atomic E-state index is 12.5. The SMILES string of the molecule is CC(NC(=O)c1ccc(-n2cncn2)cc1)c1cc2ccccc2o1. The molecule has 1 atom stereocenters. The van der Waals surface area contributed by atoms with Crippen LogP contribution in [0.15, 0.2) is 71.7 Å². The quantitative estimate of drug-likeness (QED) is 0.621. The summed E-state index contributed by atoms with van der Waals surface area (Å²) < 4.78 is 7.44. The topological polar surface area (TPSA) is 73.0 Å². The Hall–Kier alpha value is -3.41. The van der Waals surface area contributed by atoms with Gasteiger partial charge in [0.2, 0.25) is 0 Å².